The molecule has 29 heavy (non-hydrogen) atoms. The van der Waals surface area contributed by atoms with E-state index in [4.69, 9.17) is 4.74 Å². The largest absolute Gasteiger partial charge is 0.507 e. The third kappa shape index (κ3) is 6.22. The first kappa shape index (κ1) is 21.7. The number of rotatable bonds is 9. The van der Waals surface area contributed by atoms with Gasteiger partial charge in [-0.2, -0.15) is 0 Å². The molecule has 1 aliphatic rings. The van der Waals surface area contributed by atoms with Crippen LogP contribution in [0.1, 0.15) is 63.1 Å². The standard InChI is InChI=1S/C25H35NO3/c1-3-15-26-16-14-21(27)17-24(26)23-13-12-22(18-25(23)28)29-19(2)8-7-11-20-9-5-4-6-10-20/h4-6,9-10,12-13,18-19,21,24,27-28H,3,7-8,11,14-17H2,1-2H3/t19?,21-,24+/m1/s1. The molecule has 1 aliphatic heterocycles. The van der Waals surface area contributed by atoms with Gasteiger partial charge in [-0.25, -0.2) is 0 Å². The highest BCUT2D eigenvalue weighted by atomic mass is 16.5. The van der Waals surface area contributed by atoms with Crippen molar-refractivity contribution in [2.45, 2.75) is 70.6 Å². The molecule has 1 unspecified atom stereocenters. The molecule has 2 N–H and O–H groups in total. The van der Waals surface area contributed by atoms with Crippen LogP contribution in [0.15, 0.2) is 48.5 Å². The van der Waals surface area contributed by atoms with Gasteiger partial charge in [0.25, 0.3) is 0 Å². The van der Waals surface area contributed by atoms with Gasteiger partial charge in [0.15, 0.2) is 0 Å². The van der Waals surface area contributed by atoms with Crippen molar-refractivity contribution in [2.75, 3.05) is 13.1 Å². The van der Waals surface area contributed by atoms with E-state index in [1.165, 1.54) is 5.56 Å². The summed E-state index contributed by atoms with van der Waals surface area (Å²) in [5.74, 6) is 0.969. The first-order valence-electron chi connectivity index (χ1n) is 11.0. The van der Waals surface area contributed by atoms with E-state index in [9.17, 15) is 10.2 Å². The lowest BCUT2D eigenvalue weighted by Crippen LogP contribution is -2.39. The lowest BCUT2D eigenvalue weighted by Gasteiger charge is -2.38. The van der Waals surface area contributed by atoms with Crippen LogP contribution in [-0.4, -0.2) is 40.4 Å². The average molecular weight is 398 g/mol. The Morgan fingerprint density at radius 2 is 1.97 bits per heavy atom. The Hall–Kier alpha value is -2.04. The summed E-state index contributed by atoms with van der Waals surface area (Å²) in [4.78, 5) is 2.37. The van der Waals surface area contributed by atoms with Gasteiger partial charge in [-0.1, -0.05) is 43.3 Å². The van der Waals surface area contributed by atoms with Crippen LogP contribution in [0.4, 0.5) is 0 Å². The second-order valence-electron chi connectivity index (χ2n) is 8.26. The molecule has 0 bridgehead atoms. The van der Waals surface area contributed by atoms with E-state index in [1.54, 1.807) is 6.07 Å². The zero-order valence-corrected chi connectivity index (χ0v) is 17.8. The molecule has 4 heteroatoms. The summed E-state index contributed by atoms with van der Waals surface area (Å²) in [6, 6.07) is 16.2. The fraction of sp³-hybridized carbons (Fsp3) is 0.520. The van der Waals surface area contributed by atoms with Crippen LogP contribution >= 0.6 is 0 Å². The number of nitrogens with zero attached hydrogens (tertiary/aromatic N) is 1. The maximum atomic E-state index is 10.7. The zero-order chi connectivity index (χ0) is 20.6. The van der Waals surface area contributed by atoms with E-state index in [0.717, 1.165) is 50.8 Å². The summed E-state index contributed by atoms with van der Waals surface area (Å²) in [5, 5.41) is 20.8. The molecule has 3 rings (SSSR count). The van der Waals surface area contributed by atoms with E-state index in [-0.39, 0.29) is 24.0 Å². The topological polar surface area (TPSA) is 52.9 Å². The van der Waals surface area contributed by atoms with Crippen LogP contribution in [-0.2, 0) is 6.42 Å². The number of hydrogen-bond donors (Lipinski definition) is 2. The molecule has 1 saturated heterocycles. The zero-order valence-electron chi connectivity index (χ0n) is 17.8. The minimum Gasteiger partial charge on any atom is -0.507 e. The molecule has 4 nitrogen and oxygen atoms in total. The second-order valence-corrected chi connectivity index (χ2v) is 8.26. The van der Waals surface area contributed by atoms with Crippen LogP contribution in [0.5, 0.6) is 11.5 Å². The Morgan fingerprint density at radius 1 is 1.17 bits per heavy atom. The Kier molecular flexibility index (Phi) is 7.96. The Bertz CT molecular complexity index is 749. The van der Waals surface area contributed by atoms with Crippen LogP contribution in [0.25, 0.3) is 0 Å². The minimum absolute atomic E-state index is 0.0658. The van der Waals surface area contributed by atoms with Crippen LogP contribution in [0.3, 0.4) is 0 Å². The van der Waals surface area contributed by atoms with E-state index in [0.29, 0.717) is 12.2 Å². The van der Waals surface area contributed by atoms with Gasteiger partial charge in [0, 0.05) is 24.2 Å². The molecule has 1 fully saturated rings. The molecule has 2 aromatic rings. The number of benzene rings is 2. The van der Waals surface area contributed by atoms with E-state index in [1.807, 2.05) is 18.2 Å². The van der Waals surface area contributed by atoms with E-state index in [2.05, 4.69) is 43.0 Å². The fourth-order valence-corrected chi connectivity index (χ4v) is 4.28. The van der Waals surface area contributed by atoms with Gasteiger partial charge >= 0.3 is 0 Å². The van der Waals surface area contributed by atoms with Gasteiger partial charge in [-0.05, 0) is 63.6 Å². The maximum absolute atomic E-state index is 10.7. The van der Waals surface area contributed by atoms with Crippen molar-refractivity contribution in [3.8, 4) is 11.5 Å². The Balaban J connectivity index is 1.56. The molecule has 2 aromatic carbocycles. The fourth-order valence-electron chi connectivity index (χ4n) is 4.28. The van der Waals surface area contributed by atoms with Gasteiger partial charge in [-0.15, -0.1) is 0 Å². The number of phenolic OH excluding ortho intramolecular Hbond substituents is 1. The monoisotopic (exact) mass is 397 g/mol. The number of aliphatic hydroxyl groups is 1. The van der Waals surface area contributed by atoms with Gasteiger partial charge < -0.3 is 14.9 Å². The molecule has 158 valence electrons. The number of piperidine rings is 1. The molecule has 0 radical (unpaired) electrons. The number of ether oxygens (including phenoxy) is 1. The SMILES string of the molecule is CCCN1CC[C@@H](O)C[C@H]1c1ccc(OC(C)CCCc2ccccc2)cc1O. The van der Waals surface area contributed by atoms with Gasteiger partial charge in [0.05, 0.1) is 12.2 Å². The van der Waals surface area contributed by atoms with Gasteiger partial charge in [0.1, 0.15) is 11.5 Å². The number of aryl methyl sites for hydroxylation is 1. The molecular formula is C25H35NO3. The first-order chi connectivity index (χ1) is 14.1. The molecule has 0 spiro atoms. The highest BCUT2D eigenvalue weighted by molar-refractivity contribution is 5.42. The van der Waals surface area contributed by atoms with Crippen molar-refractivity contribution < 1.29 is 14.9 Å². The number of aromatic hydroxyl groups is 1. The molecule has 1 heterocycles. The number of aliphatic hydroxyl groups excluding tert-OH is 1. The summed E-state index contributed by atoms with van der Waals surface area (Å²) < 4.78 is 6.05. The normalized spacial score (nSPS) is 21.1. The summed E-state index contributed by atoms with van der Waals surface area (Å²) in [5.41, 5.74) is 2.24. The molecule has 3 atom stereocenters. The van der Waals surface area contributed by atoms with Crippen molar-refractivity contribution in [3.05, 3.63) is 59.7 Å². The van der Waals surface area contributed by atoms with Crippen LogP contribution < -0.4 is 4.74 Å². The van der Waals surface area contributed by atoms with Crippen molar-refractivity contribution in [1.29, 1.82) is 0 Å². The van der Waals surface area contributed by atoms with E-state index >= 15 is 0 Å². The molecule has 0 saturated carbocycles. The smallest absolute Gasteiger partial charge is 0.124 e. The predicted molar refractivity (Wildman–Crippen MR) is 117 cm³/mol. The third-order valence-corrected chi connectivity index (χ3v) is 5.81. The second kappa shape index (κ2) is 10.7. The Morgan fingerprint density at radius 3 is 2.69 bits per heavy atom. The molecular weight excluding hydrogens is 362 g/mol. The highest BCUT2D eigenvalue weighted by Crippen LogP contribution is 2.37. The predicted octanol–water partition coefficient (Wildman–Crippen LogP) is 5.09. The number of likely N-dealkylation sites (tertiary alicyclic amines) is 1. The van der Waals surface area contributed by atoms with Crippen molar-refractivity contribution in [1.82, 2.24) is 4.90 Å². The summed E-state index contributed by atoms with van der Waals surface area (Å²) >= 11 is 0. The van der Waals surface area contributed by atoms with Crippen molar-refractivity contribution >= 4 is 0 Å². The minimum atomic E-state index is -0.298. The lowest BCUT2D eigenvalue weighted by molar-refractivity contribution is 0.0400. The van der Waals surface area contributed by atoms with Crippen LogP contribution in [0, 0.1) is 0 Å². The quantitative estimate of drug-likeness (QED) is 0.619. The molecule has 0 aromatic heterocycles. The van der Waals surface area contributed by atoms with Gasteiger partial charge in [-0.3, -0.25) is 4.90 Å². The van der Waals surface area contributed by atoms with Crippen molar-refractivity contribution in [3.63, 3.8) is 0 Å². The highest BCUT2D eigenvalue weighted by Gasteiger charge is 2.29. The Labute approximate surface area is 175 Å². The summed E-state index contributed by atoms with van der Waals surface area (Å²) in [6.45, 7) is 6.10. The summed E-state index contributed by atoms with van der Waals surface area (Å²) in [7, 11) is 0. The molecule has 0 aliphatic carbocycles. The summed E-state index contributed by atoms with van der Waals surface area (Å²) in [6.07, 6.45) is 5.43. The average Bonchev–Trinajstić information content (AvgIpc) is 2.70. The van der Waals surface area contributed by atoms with Crippen molar-refractivity contribution in [2.24, 2.45) is 0 Å². The number of phenols is 1. The maximum Gasteiger partial charge on any atom is 0.124 e. The number of hydrogen-bond acceptors (Lipinski definition) is 4. The third-order valence-electron chi connectivity index (χ3n) is 5.81. The van der Waals surface area contributed by atoms with Crippen LogP contribution in [0.2, 0.25) is 0 Å². The lowest BCUT2D eigenvalue weighted by atomic mass is 9.92. The molecule has 0 amide bonds. The van der Waals surface area contributed by atoms with Gasteiger partial charge in [0.2, 0.25) is 0 Å². The van der Waals surface area contributed by atoms with E-state index < -0.39 is 0 Å². The first-order valence-corrected chi connectivity index (χ1v) is 11.0.